The summed E-state index contributed by atoms with van der Waals surface area (Å²) < 4.78 is 0. The van der Waals surface area contributed by atoms with Crippen molar-refractivity contribution in [1.29, 1.82) is 0 Å². The van der Waals surface area contributed by atoms with E-state index in [9.17, 15) is 9.59 Å². The average Bonchev–Trinajstić information content (AvgIpc) is 2.46. The van der Waals surface area contributed by atoms with Crippen LogP contribution in [0.25, 0.3) is 0 Å². The number of rotatable bonds is 2. The Kier molecular flexibility index (Phi) is 3.11. The Bertz CT molecular complexity index is 367. The molecule has 2 heterocycles. The van der Waals surface area contributed by atoms with E-state index in [1.807, 2.05) is 13.8 Å². The predicted molar refractivity (Wildman–Crippen MR) is 68.0 cm³/mol. The topological polar surface area (TPSA) is 78.7 Å². The lowest BCUT2D eigenvalue weighted by Gasteiger charge is -2.39. The molecule has 0 aromatic rings. The Morgan fingerprint density at radius 2 is 1.89 bits per heavy atom. The molecule has 0 atom stereocenters. The number of nitrogens with zero attached hydrogens (tertiary/aromatic N) is 2. The maximum absolute atomic E-state index is 12.1. The fourth-order valence-electron chi connectivity index (χ4n) is 2.76. The van der Waals surface area contributed by atoms with Crippen LogP contribution in [0, 0.1) is 0 Å². The van der Waals surface area contributed by atoms with Crippen molar-refractivity contribution in [3.05, 3.63) is 0 Å². The summed E-state index contributed by atoms with van der Waals surface area (Å²) in [7, 11) is 1.53. The molecule has 0 aromatic heterocycles. The molecule has 3 amide bonds. The van der Waals surface area contributed by atoms with Crippen LogP contribution >= 0.6 is 0 Å². The third kappa shape index (κ3) is 2.35. The van der Waals surface area contributed by atoms with Crippen LogP contribution in [0.5, 0.6) is 0 Å². The van der Waals surface area contributed by atoms with Gasteiger partial charge in [-0.2, -0.15) is 0 Å². The molecule has 102 valence electrons. The van der Waals surface area contributed by atoms with Crippen LogP contribution < -0.4 is 11.1 Å². The number of urea groups is 1. The number of hydrogen-bond donors (Lipinski definition) is 2. The van der Waals surface area contributed by atoms with E-state index in [0.717, 1.165) is 19.6 Å². The minimum Gasteiger partial charge on any atom is -0.324 e. The van der Waals surface area contributed by atoms with Crippen molar-refractivity contribution in [2.24, 2.45) is 5.73 Å². The normalized spacial score (nSPS) is 24.8. The molecule has 6 nitrogen and oxygen atoms in total. The van der Waals surface area contributed by atoms with Crippen LogP contribution in [-0.2, 0) is 4.79 Å². The second-order valence-corrected chi connectivity index (χ2v) is 6.14. The Morgan fingerprint density at radius 1 is 1.33 bits per heavy atom. The number of imide groups is 1. The van der Waals surface area contributed by atoms with Gasteiger partial charge in [0.15, 0.2) is 0 Å². The molecular weight excluding hydrogens is 232 g/mol. The highest BCUT2D eigenvalue weighted by molar-refractivity contribution is 6.06. The molecule has 2 rings (SSSR count). The Hall–Kier alpha value is -1.14. The van der Waals surface area contributed by atoms with Crippen LogP contribution in [0.3, 0.4) is 0 Å². The van der Waals surface area contributed by atoms with Gasteiger partial charge in [0.25, 0.3) is 5.91 Å². The zero-order valence-corrected chi connectivity index (χ0v) is 11.3. The van der Waals surface area contributed by atoms with Crippen LogP contribution in [0.1, 0.15) is 26.7 Å². The van der Waals surface area contributed by atoms with Gasteiger partial charge in [0.05, 0.1) is 0 Å². The van der Waals surface area contributed by atoms with Gasteiger partial charge in [-0.15, -0.1) is 0 Å². The van der Waals surface area contributed by atoms with Gasteiger partial charge >= 0.3 is 6.03 Å². The molecular formula is C12H22N4O2. The summed E-state index contributed by atoms with van der Waals surface area (Å²) >= 11 is 0. The molecule has 1 spiro atoms. The fraction of sp³-hybridized carbons (Fsp3) is 0.833. The molecule has 0 saturated carbocycles. The van der Waals surface area contributed by atoms with Crippen LogP contribution in [0.4, 0.5) is 4.79 Å². The number of amides is 3. The lowest BCUT2D eigenvalue weighted by molar-refractivity contribution is -0.132. The van der Waals surface area contributed by atoms with E-state index in [1.54, 1.807) is 0 Å². The molecule has 0 aromatic carbocycles. The van der Waals surface area contributed by atoms with Gasteiger partial charge in [0.1, 0.15) is 5.54 Å². The molecule has 0 bridgehead atoms. The molecule has 0 unspecified atom stereocenters. The summed E-state index contributed by atoms with van der Waals surface area (Å²) in [5, 5.41) is 2.83. The molecule has 2 saturated heterocycles. The largest absolute Gasteiger partial charge is 0.324 e. The van der Waals surface area contributed by atoms with E-state index >= 15 is 0 Å². The molecule has 3 N–H and O–H groups in total. The predicted octanol–water partition coefficient (Wildman–Crippen LogP) is -0.260. The number of nitrogens with one attached hydrogen (secondary N) is 1. The van der Waals surface area contributed by atoms with Gasteiger partial charge in [-0.25, -0.2) is 4.79 Å². The Balaban J connectivity index is 1.98. The zero-order chi connectivity index (χ0) is 13.6. The van der Waals surface area contributed by atoms with Gasteiger partial charge in [-0.1, -0.05) is 0 Å². The number of carbonyl (C=O) groups excluding carboxylic acids is 2. The maximum Gasteiger partial charge on any atom is 0.324 e. The highest BCUT2D eigenvalue weighted by Crippen LogP contribution is 2.29. The molecule has 2 aliphatic heterocycles. The maximum atomic E-state index is 12.1. The van der Waals surface area contributed by atoms with Gasteiger partial charge in [0.2, 0.25) is 0 Å². The van der Waals surface area contributed by atoms with Gasteiger partial charge in [-0.3, -0.25) is 9.69 Å². The van der Waals surface area contributed by atoms with Crippen molar-refractivity contribution in [3.63, 3.8) is 0 Å². The van der Waals surface area contributed by atoms with Crippen molar-refractivity contribution >= 4 is 11.9 Å². The third-order valence-electron chi connectivity index (χ3n) is 3.71. The molecule has 2 aliphatic rings. The standard InChI is InChI=1S/C12H22N4O2/c1-11(2,13)8-16-6-4-12(5-7-16)9(17)15(3)10(18)14-12/h4-8,13H2,1-3H3,(H,14,18). The summed E-state index contributed by atoms with van der Waals surface area (Å²) in [4.78, 5) is 27.0. The summed E-state index contributed by atoms with van der Waals surface area (Å²) in [6, 6.07) is -0.285. The molecule has 0 aliphatic carbocycles. The minimum atomic E-state index is -0.666. The zero-order valence-electron chi connectivity index (χ0n) is 11.3. The number of nitrogens with two attached hydrogens (primary N) is 1. The first-order chi connectivity index (χ1) is 8.23. The first-order valence-corrected chi connectivity index (χ1v) is 6.35. The van der Waals surface area contributed by atoms with Gasteiger partial charge in [-0.05, 0) is 26.7 Å². The van der Waals surface area contributed by atoms with Crippen LogP contribution in [0.15, 0.2) is 0 Å². The Labute approximate surface area is 107 Å². The smallest absolute Gasteiger partial charge is 0.324 e. The quantitative estimate of drug-likeness (QED) is 0.666. The van der Waals surface area contributed by atoms with E-state index in [2.05, 4.69) is 10.2 Å². The number of likely N-dealkylation sites (tertiary alicyclic amines) is 1. The van der Waals surface area contributed by atoms with Gasteiger partial charge < -0.3 is 16.0 Å². The number of hydrogen-bond acceptors (Lipinski definition) is 4. The molecule has 6 heteroatoms. The lowest BCUT2D eigenvalue weighted by Crippen LogP contribution is -2.57. The Morgan fingerprint density at radius 3 is 2.28 bits per heavy atom. The first-order valence-electron chi connectivity index (χ1n) is 6.35. The SMILES string of the molecule is CN1C(=O)NC2(CCN(CC(C)(C)N)CC2)C1=O. The van der Waals surface area contributed by atoms with Crippen LogP contribution in [-0.4, -0.2) is 59.5 Å². The molecule has 0 radical (unpaired) electrons. The van der Waals surface area contributed by atoms with E-state index in [0.29, 0.717) is 12.8 Å². The highest BCUT2D eigenvalue weighted by Gasteiger charge is 2.51. The summed E-state index contributed by atoms with van der Waals surface area (Å²) in [5.41, 5.74) is 5.10. The van der Waals surface area contributed by atoms with E-state index < -0.39 is 5.54 Å². The monoisotopic (exact) mass is 254 g/mol. The van der Waals surface area contributed by atoms with E-state index in [-0.39, 0.29) is 17.5 Å². The highest BCUT2D eigenvalue weighted by atomic mass is 16.2. The summed E-state index contributed by atoms with van der Waals surface area (Å²) in [6.07, 6.45) is 1.33. The third-order valence-corrected chi connectivity index (χ3v) is 3.71. The average molecular weight is 254 g/mol. The van der Waals surface area contributed by atoms with Crippen molar-refractivity contribution in [2.45, 2.75) is 37.8 Å². The number of piperidine rings is 1. The fourth-order valence-corrected chi connectivity index (χ4v) is 2.76. The van der Waals surface area contributed by atoms with Crippen molar-refractivity contribution in [1.82, 2.24) is 15.1 Å². The second kappa shape index (κ2) is 4.20. The first kappa shape index (κ1) is 13.3. The van der Waals surface area contributed by atoms with Crippen molar-refractivity contribution < 1.29 is 9.59 Å². The number of carbonyl (C=O) groups is 2. The number of likely N-dealkylation sites (N-methyl/N-ethyl adjacent to an activating group) is 1. The summed E-state index contributed by atoms with van der Waals surface area (Å²) in [5.74, 6) is -0.0980. The van der Waals surface area contributed by atoms with Crippen molar-refractivity contribution in [2.75, 3.05) is 26.7 Å². The lowest BCUT2D eigenvalue weighted by atomic mass is 9.87. The summed E-state index contributed by atoms with van der Waals surface area (Å²) in [6.45, 7) is 6.38. The van der Waals surface area contributed by atoms with Crippen LogP contribution in [0.2, 0.25) is 0 Å². The van der Waals surface area contributed by atoms with Crippen molar-refractivity contribution in [3.8, 4) is 0 Å². The van der Waals surface area contributed by atoms with E-state index in [4.69, 9.17) is 5.73 Å². The minimum absolute atomic E-state index is 0.0980. The molecule has 18 heavy (non-hydrogen) atoms. The van der Waals surface area contributed by atoms with Gasteiger partial charge in [0, 0.05) is 32.2 Å². The van der Waals surface area contributed by atoms with E-state index in [1.165, 1.54) is 11.9 Å². The second-order valence-electron chi connectivity index (χ2n) is 6.14. The molecule has 2 fully saturated rings.